The summed E-state index contributed by atoms with van der Waals surface area (Å²) in [4.78, 5) is 37.8. The largest absolute Gasteiger partial charge is 0.492 e. The summed E-state index contributed by atoms with van der Waals surface area (Å²) in [7, 11) is 1.63. The Balaban J connectivity index is 1.70. The summed E-state index contributed by atoms with van der Waals surface area (Å²) < 4.78 is 39.4. The normalized spacial score (nSPS) is 19.8. The molecule has 0 unspecified atom stereocenters. The number of likely N-dealkylation sites (tertiary alicyclic amines) is 1. The number of hydrogen-bond donors (Lipinski definition) is 1. The van der Waals surface area contributed by atoms with Crippen LogP contribution in [0.15, 0.2) is 43.1 Å². The summed E-state index contributed by atoms with van der Waals surface area (Å²) in [6.45, 7) is 6.32. The Morgan fingerprint density at radius 3 is 2.82 bits per heavy atom. The molecule has 4 heterocycles. The molecule has 0 spiro atoms. The Morgan fingerprint density at radius 2 is 2.05 bits per heavy atom. The van der Waals surface area contributed by atoms with Crippen LogP contribution in [0, 0.1) is 6.92 Å². The van der Waals surface area contributed by atoms with Gasteiger partial charge in [0.1, 0.15) is 12.4 Å². The molecular formula is C28H32F2N6O3. The van der Waals surface area contributed by atoms with Gasteiger partial charge in [0, 0.05) is 37.1 Å². The quantitative estimate of drug-likeness (QED) is 0.502. The Hall–Kier alpha value is -3.86. The number of anilines is 1. The standard InChI is InChI=1S/C28H32F2N6O3/c1-4-23(37)35-12-6-5-7-20(16-35)36-25-21(32-27(36)33-26(38)19-10-11-31-18(2)15-19)8-9-22-24(25)28(29,30)17-34(3)13-14-39-22/h4,8-11,15,20H,1,5-7,12-14,16-17H2,2-3H3,(H,32,33,38)/t20-/m1/s1. The van der Waals surface area contributed by atoms with E-state index in [2.05, 4.69) is 21.9 Å². The lowest BCUT2D eigenvalue weighted by Crippen LogP contribution is -2.38. The molecule has 206 valence electrons. The molecule has 9 nitrogen and oxygen atoms in total. The van der Waals surface area contributed by atoms with Gasteiger partial charge in [0.05, 0.1) is 29.2 Å². The van der Waals surface area contributed by atoms with Crippen molar-refractivity contribution in [2.24, 2.45) is 0 Å². The van der Waals surface area contributed by atoms with E-state index in [0.717, 1.165) is 12.8 Å². The van der Waals surface area contributed by atoms with Gasteiger partial charge in [0.25, 0.3) is 11.8 Å². The van der Waals surface area contributed by atoms with Crippen LogP contribution >= 0.6 is 0 Å². The monoisotopic (exact) mass is 538 g/mol. The van der Waals surface area contributed by atoms with E-state index >= 15 is 8.78 Å². The Labute approximate surface area is 225 Å². The topological polar surface area (TPSA) is 92.6 Å². The minimum Gasteiger partial charge on any atom is -0.492 e. The fourth-order valence-electron chi connectivity index (χ4n) is 5.42. The number of likely N-dealkylation sites (N-methyl/N-ethyl adjacent to an activating group) is 1. The van der Waals surface area contributed by atoms with Gasteiger partial charge in [-0.2, -0.15) is 8.78 Å². The van der Waals surface area contributed by atoms with E-state index in [0.29, 0.717) is 36.3 Å². The first-order chi connectivity index (χ1) is 18.7. The van der Waals surface area contributed by atoms with Crippen molar-refractivity contribution in [1.82, 2.24) is 24.3 Å². The van der Waals surface area contributed by atoms with Crippen LogP contribution in [0.5, 0.6) is 5.75 Å². The number of amides is 2. The first-order valence-electron chi connectivity index (χ1n) is 13.1. The van der Waals surface area contributed by atoms with E-state index in [9.17, 15) is 9.59 Å². The number of aromatic nitrogens is 3. The first-order valence-corrected chi connectivity index (χ1v) is 13.1. The van der Waals surface area contributed by atoms with Gasteiger partial charge in [-0.05, 0) is 63.6 Å². The Kier molecular flexibility index (Phi) is 7.35. The van der Waals surface area contributed by atoms with Crippen LogP contribution in [0.25, 0.3) is 11.0 Å². The third kappa shape index (κ3) is 5.36. The highest BCUT2D eigenvalue weighted by Gasteiger charge is 2.42. The maximum absolute atomic E-state index is 16.0. The van der Waals surface area contributed by atoms with Gasteiger partial charge in [0.15, 0.2) is 0 Å². The molecule has 0 bridgehead atoms. The van der Waals surface area contributed by atoms with Crippen molar-refractivity contribution in [3.63, 3.8) is 0 Å². The zero-order valence-corrected chi connectivity index (χ0v) is 22.1. The van der Waals surface area contributed by atoms with Gasteiger partial charge >= 0.3 is 0 Å². The number of pyridine rings is 1. The zero-order valence-electron chi connectivity index (χ0n) is 22.1. The molecule has 0 radical (unpaired) electrons. The number of halogens is 2. The highest BCUT2D eigenvalue weighted by atomic mass is 19.3. The number of aryl methyl sites for hydroxylation is 1. The maximum atomic E-state index is 16.0. The smallest absolute Gasteiger partial charge is 0.291 e. The second kappa shape index (κ2) is 10.7. The summed E-state index contributed by atoms with van der Waals surface area (Å²) in [6.07, 6.45) is 4.94. The first kappa shape index (κ1) is 26.7. The van der Waals surface area contributed by atoms with Gasteiger partial charge in [0.2, 0.25) is 11.9 Å². The number of hydrogen-bond acceptors (Lipinski definition) is 6. The van der Waals surface area contributed by atoms with Crippen LogP contribution in [0.4, 0.5) is 14.7 Å². The third-order valence-corrected chi connectivity index (χ3v) is 7.26. The van der Waals surface area contributed by atoms with E-state index < -0.39 is 24.4 Å². The van der Waals surface area contributed by atoms with Crippen molar-refractivity contribution in [2.75, 3.05) is 45.2 Å². The molecule has 1 aromatic carbocycles. The number of nitrogens with zero attached hydrogens (tertiary/aromatic N) is 5. The Morgan fingerprint density at radius 1 is 1.23 bits per heavy atom. The number of alkyl halides is 2. The van der Waals surface area contributed by atoms with Crippen LogP contribution in [0.1, 0.15) is 46.9 Å². The number of ether oxygens (including phenoxy) is 1. The predicted octanol–water partition coefficient (Wildman–Crippen LogP) is 4.15. The molecule has 0 aliphatic carbocycles. The molecule has 1 atom stereocenters. The number of carbonyl (C=O) groups is 2. The summed E-state index contributed by atoms with van der Waals surface area (Å²) in [5.41, 5.74) is 1.29. The third-order valence-electron chi connectivity index (χ3n) is 7.26. The molecule has 1 saturated heterocycles. The number of fused-ring (bicyclic) bond motifs is 3. The van der Waals surface area contributed by atoms with Crippen molar-refractivity contribution in [2.45, 2.75) is 38.2 Å². The van der Waals surface area contributed by atoms with Crippen LogP contribution in [0.3, 0.4) is 0 Å². The molecule has 2 amide bonds. The molecule has 3 aromatic rings. The molecule has 2 aromatic heterocycles. The average molecular weight is 539 g/mol. The highest BCUT2D eigenvalue weighted by molar-refractivity contribution is 6.04. The average Bonchev–Trinajstić information content (AvgIpc) is 3.06. The SMILES string of the molecule is C=CC(=O)N1CCCC[C@@H](n2c(NC(=O)c3ccnc(C)c3)nc3ccc4c(c32)C(F)(F)CN(C)CCO4)C1. The minimum atomic E-state index is -3.26. The summed E-state index contributed by atoms with van der Waals surface area (Å²) in [5.74, 6) is -3.68. The molecule has 2 aliphatic heterocycles. The van der Waals surface area contributed by atoms with Gasteiger partial charge in [-0.25, -0.2) is 4.98 Å². The molecule has 11 heteroatoms. The summed E-state index contributed by atoms with van der Waals surface area (Å²) >= 11 is 0. The lowest BCUT2D eigenvalue weighted by Gasteiger charge is -2.31. The highest BCUT2D eigenvalue weighted by Crippen LogP contribution is 2.44. The van der Waals surface area contributed by atoms with Gasteiger partial charge in [-0.15, -0.1) is 0 Å². The second-order valence-corrected chi connectivity index (χ2v) is 10.2. The van der Waals surface area contributed by atoms with Crippen molar-refractivity contribution in [1.29, 1.82) is 0 Å². The lowest BCUT2D eigenvalue weighted by molar-refractivity contribution is -0.126. The van der Waals surface area contributed by atoms with E-state index in [-0.39, 0.29) is 41.8 Å². The van der Waals surface area contributed by atoms with E-state index in [1.807, 2.05) is 0 Å². The van der Waals surface area contributed by atoms with E-state index in [1.165, 1.54) is 23.2 Å². The number of imidazole rings is 1. The number of carbonyl (C=O) groups excluding carboxylic acids is 2. The van der Waals surface area contributed by atoms with Crippen LogP contribution in [0.2, 0.25) is 0 Å². The predicted molar refractivity (Wildman–Crippen MR) is 143 cm³/mol. The van der Waals surface area contributed by atoms with Gasteiger partial charge in [-0.1, -0.05) is 6.58 Å². The number of nitrogens with one attached hydrogen (secondary N) is 1. The van der Waals surface area contributed by atoms with Crippen LogP contribution < -0.4 is 10.1 Å². The lowest BCUT2D eigenvalue weighted by atomic mass is 10.0. The summed E-state index contributed by atoms with van der Waals surface area (Å²) in [5, 5.41) is 2.86. The Bertz CT molecular complexity index is 1420. The maximum Gasteiger partial charge on any atom is 0.291 e. The second-order valence-electron chi connectivity index (χ2n) is 10.2. The zero-order chi connectivity index (χ0) is 27.7. The molecule has 5 rings (SSSR count). The molecule has 1 fully saturated rings. The number of benzene rings is 1. The van der Waals surface area contributed by atoms with Gasteiger partial charge in [-0.3, -0.25) is 24.8 Å². The van der Waals surface area contributed by atoms with Gasteiger partial charge < -0.3 is 14.2 Å². The fourth-order valence-corrected chi connectivity index (χ4v) is 5.42. The van der Waals surface area contributed by atoms with Crippen molar-refractivity contribution in [3.05, 3.63) is 59.9 Å². The van der Waals surface area contributed by atoms with E-state index in [1.54, 1.807) is 41.6 Å². The van der Waals surface area contributed by atoms with Crippen LogP contribution in [-0.4, -0.2) is 76.0 Å². The van der Waals surface area contributed by atoms with Crippen molar-refractivity contribution >= 4 is 28.8 Å². The van der Waals surface area contributed by atoms with Crippen LogP contribution in [-0.2, 0) is 10.7 Å². The molecule has 39 heavy (non-hydrogen) atoms. The van der Waals surface area contributed by atoms with Crippen molar-refractivity contribution < 1.29 is 23.1 Å². The molecule has 1 N–H and O–H groups in total. The molecular weight excluding hydrogens is 506 g/mol. The fraction of sp³-hybridized carbons (Fsp3) is 0.429. The number of rotatable bonds is 4. The minimum absolute atomic E-state index is 0.0945. The molecule has 0 saturated carbocycles. The van der Waals surface area contributed by atoms with E-state index in [4.69, 9.17) is 4.74 Å². The molecule has 2 aliphatic rings. The van der Waals surface area contributed by atoms with Crippen molar-refractivity contribution in [3.8, 4) is 5.75 Å². The summed E-state index contributed by atoms with van der Waals surface area (Å²) in [6, 6.07) is 5.97.